The maximum absolute atomic E-state index is 12.4. The minimum Gasteiger partial charge on any atom is -0.497 e. The highest BCUT2D eigenvalue weighted by molar-refractivity contribution is 7.14. The number of ether oxygens (including phenoxy) is 1. The molecule has 0 aliphatic carbocycles. The highest BCUT2D eigenvalue weighted by Crippen LogP contribution is 2.24. The van der Waals surface area contributed by atoms with E-state index in [9.17, 15) is 14.4 Å². The van der Waals surface area contributed by atoms with Crippen molar-refractivity contribution in [2.75, 3.05) is 19.5 Å². The molecule has 3 aromatic rings. The van der Waals surface area contributed by atoms with Gasteiger partial charge in [-0.25, -0.2) is 10.5 Å². The van der Waals surface area contributed by atoms with Gasteiger partial charge in [0.2, 0.25) is 11.8 Å². The molecule has 0 aliphatic heterocycles. The number of hydroxylamine groups is 1. The van der Waals surface area contributed by atoms with Crippen LogP contribution in [-0.4, -0.2) is 55.3 Å². The van der Waals surface area contributed by atoms with Gasteiger partial charge in [0.25, 0.3) is 0 Å². The summed E-state index contributed by atoms with van der Waals surface area (Å²) in [7, 11) is 3.36. The lowest BCUT2D eigenvalue weighted by Gasteiger charge is -2.14. The third kappa shape index (κ3) is 12.9. The number of carbonyl (C=O) groups excluding carboxylic acids is 4. The molecule has 210 valence electrons. The van der Waals surface area contributed by atoms with Gasteiger partial charge in [0.15, 0.2) is 5.13 Å². The molecule has 0 aliphatic rings. The smallest absolute Gasteiger partial charge is 0.243 e. The van der Waals surface area contributed by atoms with Gasteiger partial charge in [-0.05, 0) is 37.6 Å². The molecule has 1 atom stereocenters. The van der Waals surface area contributed by atoms with Crippen LogP contribution in [0.3, 0.4) is 0 Å². The zero-order valence-corrected chi connectivity index (χ0v) is 23.0. The van der Waals surface area contributed by atoms with Crippen LogP contribution in [0.2, 0.25) is 0 Å². The van der Waals surface area contributed by atoms with Crippen molar-refractivity contribution in [1.82, 2.24) is 15.8 Å². The van der Waals surface area contributed by atoms with Crippen LogP contribution >= 0.6 is 11.3 Å². The van der Waals surface area contributed by atoms with E-state index >= 15 is 0 Å². The van der Waals surface area contributed by atoms with Gasteiger partial charge in [-0.3, -0.25) is 14.8 Å². The number of nitrogens with zero attached hydrogens (tertiary/aromatic N) is 1. The van der Waals surface area contributed by atoms with Crippen molar-refractivity contribution in [3.8, 4) is 17.0 Å². The van der Waals surface area contributed by atoms with Gasteiger partial charge in [-0.1, -0.05) is 55.3 Å². The quantitative estimate of drug-likeness (QED) is 0.107. The van der Waals surface area contributed by atoms with Crippen molar-refractivity contribution in [2.24, 2.45) is 0 Å². The van der Waals surface area contributed by atoms with Crippen LogP contribution in [0.25, 0.3) is 11.3 Å². The third-order valence-corrected chi connectivity index (χ3v) is 6.20. The molecular formula is C28H36N4O6S. The Hall–Kier alpha value is -3.93. The number of carbonyl (C=O) groups is 4. The summed E-state index contributed by atoms with van der Waals surface area (Å²) in [6.07, 6.45) is 4.59. The standard InChI is InChI=1S/C18H24N4O3S.C9H10O2.CH2O/c1-19-14(10-6-3-7-11-16(23)22-25)17(24)21-18-20-15(12-26-18)13-8-4-2-5-9-13;1-11-9-4-2-3-8(7-9)5-6-10;1-2/h2,4-5,8-9,12,14,19,25H,3,6-7,10-11H2,1H3,(H,22,23)(H,20,21,24);2-4,6-7H,5H2,1H3;1H2/t14-;;/m0../s1. The number of benzene rings is 2. The Morgan fingerprint density at radius 1 is 1.10 bits per heavy atom. The predicted molar refractivity (Wildman–Crippen MR) is 152 cm³/mol. The van der Waals surface area contributed by atoms with E-state index in [4.69, 9.17) is 14.7 Å². The van der Waals surface area contributed by atoms with Gasteiger partial charge in [0.1, 0.15) is 18.8 Å². The second-order valence-electron chi connectivity index (χ2n) is 8.09. The van der Waals surface area contributed by atoms with Crippen LogP contribution in [0.5, 0.6) is 5.75 Å². The first-order valence-electron chi connectivity index (χ1n) is 12.3. The summed E-state index contributed by atoms with van der Waals surface area (Å²) < 4.78 is 4.99. The molecule has 2 aromatic carbocycles. The number of aldehydes is 1. The number of hydrogen-bond acceptors (Lipinski definition) is 9. The molecule has 0 saturated heterocycles. The molecule has 1 heterocycles. The molecule has 11 heteroatoms. The van der Waals surface area contributed by atoms with E-state index in [-0.39, 0.29) is 24.3 Å². The summed E-state index contributed by atoms with van der Waals surface area (Å²) in [5.41, 5.74) is 4.46. The number of nitrogens with one attached hydrogen (secondary N) is 3. The zero-order valence-electron chi connectivity index (χ0n) is 22.2. The molecule has 2 amide bonds. The number of unbranched alkanes of at least 4 members (excludes halogenated alkanes) is 2. The number of methoxy groups -OCH3 is 1. The molecule has 0 bridgehead atoms. The molecule has 39 heavy (non-hydrogen) atoms. The number of hydrogen-bond donors (Lipinski definition) is 4. The first-order valence-corrected chi connectivity index (χ1v) is 13.2. The molecule has 3 rings (SSSR count). The summed E-state index contributed by atoms with van der Waals surface area (Å²) in [4.78, 5) is 45.9. The average molecular weight is 557 g/mol. The lowest BCUT2D eigenvalue weighted by molar-refractivity contribution is -0.129. The highest BCUT2D eigenvalue weighted by Gasteiger charge is 2.17. The Kier molecular flexibility index (Phi) is 17.0. The lowest BCUT2D eigenvalue weighted by Crippen LogP contribution is -2.38. The van der Waals surface area contributed by atoms with Crippen molar-refractivity contribution in [1.29, 1.82) is 0 Å². The predicted octanol–water partition coefficient (Wildman–Crippen LogP) is 4.04. The minimum absolute atomic E-state index is 0.116. The summed E-state index contributed by atoms with van der Waals surface area (Å²) >= 11 is 1.40. The van der Waals surface area contributed by atoms with Crippen LogP contribution in [0.1, 0.15) is 37.7 Å². The molecule has 4 N–H and O–H groups in total. The van der Waals surface area contributed by atoms with E-state index in [1.54, 1.807) is 19.6 Å². The average Bonchev–Trinajstić information content (AvgIpc) is 3.45. The number of amides is 2. The Bertz CT molecular complexity index is 1130. The minimum atomic E-state index is -0.383. The largest absolute Gasteiger partial charge is 0.497 e. The van der Waals surface area contributed by atoms with Gasteiger partial charge in [-0.15, -0.1) is 11.3 Å². The molecule has 0 saturated carbocycles. The highest BCUT2D eigenvalue weighted by atomic mass is 32.1. The first kappa shape index (κ1) is 33.1. The van der Waals surface area contributed by atoms with Gasteiger partial charge in [-0.2, -0.15) is 0 Å². The Balaban J connectivity index is 0.000000487. The van der Waals surface area contributed by atoms with Crippen molar-refractivity contribution in [2.45, 2.75) is 44.6 Å². The lowest BCUT2D eigenvalue weighted by atomic mass is 10.1. The molecule has 0 fully saturated rings. The van der Waals surface area contributed by atoms with E-state index in [2.05, 4.69) is 15.6 Å². The summed E-state index contributed by atoms with van der Waals surface area (Å²) in [6.45, 7) is 2.00. The van der Waals surface area contributed by atoms with Crippen molar-refractivity contribution >= 4 is 41.4 Å². The fraction of sp³-hybridized carbons (Fsp3) is 0.321. The van der Waals surface area contributed by atoms with Gasteiger partial charge >= 0.3 is 0 Å². The van der Waals surface area contributed by atoms with Crippen LogP contribution in [0.15, 0.2) is 60.0 Å². The fourth-order valence-electron chi connectivity index (χ4n) is 3.43. The summed E-state index contributed by atoms with van der Waals surface area (Å²) in [5.74, 6) is 0.296. The van der Waals surface area contributed by atoms with E-state index in [1.807, 2.05) is 66.8 Å². The summed E-state index contributed by atoms with van der Waals surface area (Å²) in [5, 5.41) is 16.8. The van der Waals surface area contributed by atoms with E-state index < -0.39 is 0 Å². The molecule has 0 radical (unpaired) electrons. The first-order chi connectivity index (χ1) is 19.0. The Morgan fingerprint density at radius 3 is 2.49 bits per heavy atom. The third-order valence-electron chi connectivity index (χ3n) is 5.44. The van der Waals surface area contributed by atoms with E-state index in [0.29, 0.717) is 24.4 Å². The van der Waals surface area contributed by atoms with Gasteiger partial charge in [0, 0.05) is 23.8 Å². The van der Waals surface area contributed by atoms with Crippen LogP contribution in [-0.2, 0) is 25.6 Å². The number of rotatable bonds is 13. The topological polar surface area (TPSA) is 147 Å². The normalized spacial score (nSPS) is 10.5. The van der Waals surface area contributed by atoms with Crippen LogP contribution in [0, 0.1) is 0 Å². The SMILES string of the molecule is C=O.CN[C@@H](CCCCCC(=O)NO)C(=O)Nc1nc(-c2ccccc2)cs1.COc1cccc(CC=O)c1. The van der Waals surface area contributed by atoms with Crippen molar-refractivity contribution < 1.29 is 29.1 Å². The zero-order chi connectivity index (χ0) is 28.9. The molecule has 1 aromatic heterocycles. The fourth-order valence-corrected chi connectivity index (χ4v) is 4.16. The number of anilines is 1. The maximum atomic E-state index is 12.4. The monoisotopic (exact) mass is 556 g/mol. The summed E-state index contributed by atoms with van der Waals surface area (Å²) in [6, 6.07) is 17.0. The second kappa shape index (κ2) is 20.1. The number of thiazole rings is 1. The van der Waals surface area contributed by atoms with E-state index in [1.165, 1.54) is 11.3 Å². The second-order valence-corrected chi connectivity index (χ2v) is 8.95. The molecule has 10 nitrogen and oxygen atoms in total. The Labute approximate surface area is 232 Å². The molecule has 0 unspecified atom stereocenters. The van der Waals surface area contributed by atoms with Crippen LogP contribution < -0.4 is 20.9 Å². The molecular weight excluding hydrogens is 520 g/mol. The van der Waals surface area contributed by atoms with E-state index in [0.717, 1.165) is 41.7 Å². The maximum Gasteiger partial charge on any atom is 0.243 e. The molecule has 0 spiro atoms. The number of likely N-dealkylation sites (N-methyl/N-ethyl adjacent to an activating group) is 1. The van der Waals surface area contributed by atoms with Gasteiger partial charge < -0.3 is 25.0 Å². The van der Waals surface area contributed by atoms with Crippen LogP contribution in [0.4, 0.5) is 5.13 Å². The Morgan fingerprint density at radius 2 is 1.85 bits per heavy atom. The van der Waals surface area contributed by atoms with Gasteiger partial charge in [0.05, 0.1) is 18.8 Å². The van der Waals surface area contributed by atoms with Crippen molar-refractivity contribution in [3.05, 3.63) is 65.5 Å². The number of aromatic nitrogens is 1. The van der Waals surface area contributed by atoms with Crippen molar-refractivity contribution in [3.63, 3.8) is 0 Å².